The lowest BCUT2D eigenvalue weighted by atomic mass is 9.80. The van der Waals surface area contributed by atoms with Crippen LogP contribution in [0.3, 0.4) is 0 Å². The van der Waals surface area contributed by atoms with Crippen molar-refractivity contribution in [3.63, 3.8) is 0 Å². The second kappa shape index (κ2) is 7.53. The van der Waals surface area contributed by atoms with Crippen LogP contribution in [-0.2, 0) is 0 Å². The van der Waals surface area contributed by atoms with E-state index in [0.29, 0.717) is 5.88 Å². The third kappa shape index (κ3) is 4.09. The van der Waals surface area contributed by atoms with Gasteiger partial charge in [-0.1, -0.05) is 0 Å². The molecule has 0 saturated carbocycles. The number of nitrogens with zero attached hydrogens (tertiary/aromatic N) is 4. The summed E-state index contributed by atoms with van der Waals surface area (Å²) in [5.74, 6) is 3.79. The number of rotatable bonds is 3. The molecule has 1 aromatic heterocycles. The SMILES string of the molecule is CC1(C)CC(Oc2nsnc2N2CCSCC2)CC(C)(C)N1O.Cl. The van der Waals surface area contributed by atoms with E-state index < -0.39 is 0 Å². The molecule has 0 radical (unpaired) electrons. The number of ether oxygens (including phenoxy) is 1. The van der Waals surface area contributed by atoms with E-state index in [1.807, 2.05) is 39.5 Å². The van der Waals surface area contributed by atoms with Crippen LogP contribution in [0.15, 0.2) is 0 Å². The fourth-order valence-electron chi connectivity index (χ4n) is 3.64. The van der Waals surface area contributed by atoms with Crippen LogP contribution in [0.4, 0.5) is 5.82 Å². The van der Waals surface area contributed by atoms with Gasteiger partial charge in [0.2, 0.25) is 5.82 Å². The number of thioether (sulfide) groups is 1. The second-order valence-electron chi connectivity index (χ2n) is 7.58. The first-order chi connectivity index (χ1) is 10.8. The molecular formula is C15H27ClN4O2S2. The Morgan fingerprint density at radius 3 is 2.25 bits per heavy atom. The van der Waals surface area contributed by atoms with Crippen LogP contribution in [0.2, 0.25) is 0 Å². The summed E-state index contributed by atoms with van der Waals surface area (Å²) in [7, 11) is 0. The molecule has 6 nitrogen and oxygen atoms in total. The molecule has 2 aliphatic rings. The van der Waals surface area contributed by atoms with Gasteiger partial charge in [-0.3, -0.25) is 0 Å². The number of piperidine rings is 1. The number of hydrogen-bond donors (Lipinski definition) is 1. The number of halogens is 1. The normalized spacial score (nSPS) is 24.5. The summed E-state index contributed by atoms with van der Waals surface area (Å²) < 4.78 is 15.1. The van der Waals surface area contributed by atoms with Gasteiger partial charge in [-0.2, -0.15) is 21.2 Å². The molecule has 0 atom stereocenters. The molecule has 138 valence electrons. The van der Waals surface area contributed by atoms with Crippen LogP contribution in [0.5, 0.6) is 5.88 Å². The summed E-state index contributed by atoms with van der Waals surface area (Å²) in [5, 5.41) is 11.9. The Kier molecular flexibility index (Phi) is 6.29. The zero-order valence-electron chi connectivity index (χ0n) is 14.7. The Morgan fingerprint density at radius 1 is 1.08 bits per heavy atom. The van der Waals surface area contributed by atoms with Gasteiger partial charge in [0.15, 0.2) is 0 Å². The Balaban J connectivity index is 0.00000208. The average molecular weight is 395 g/mol. The standard InChI is InChI=1S/C15H26N4O2S2.ClH/c1-14(2)9-11(10-15(3,4)19(14)20)21-13-12(16-23-17-13)18-5-7-22-8-6-18;/h11,20H,5-10H2,1-4H3;1H. The maximum atomic E-state index is 10.4. The zero-order chi connectivity index (χ0) is 16.7. The van der Waals surface area contributed by atoms with Gasteiger partial charge in [-0.25, -0.2) is 0 Å². The van der Waals surface area contributed by atoms with Crippen molar-refractivity contribution in [1.82, 2.24) is 13.8 Å². The van der Waals surface area contributed by atoms with Crippen LogP contribution >= 0.6 is 35.9 Å². The van der Waals surface area contributed by atoms with Gasteiger partial charge >= 0.3 is 0 Å². The van der Waals surface area contributed by atoms with Gasteiger partial charge in [0, 0.05) is 48.5 Å². The highest BCUT2D eigenvalue weighted by molar-refractivity contribution is 7.99. The Bertz CT molecular complexity index is 531. The molecule has 3 heterocycles. The molecule has 0 amide bonds. The smallest absolute Gasteiger partial charge is 0.271 e. The van der Waals surface area contributed by atoms with Crippen LogP contribution in [0.1, 0.15) is 40.5 Å². The molecule has 0 aliphatic carbocycles. The van der Waals surface area contributed by atoms with Crippen LogP contribution in [0.25, 0.3) is 0 Å². The fraction of sp³-hybridized carbons (Fsp3) is 0.867. The third-order valence-electron chi connectivity index (χ3n) is 4.63. The topological polar surface area (TPSA) is 61.7 Å². The van der Waals surface area contributed by atoms with Crippen molar-refractivity contribution < 1.29 is 9.94 Å². The number of hydrogen-bond acceptors (Lipinski definition) is 8. The lowest BCUT2D eigenvalue weighted by Crippen LogP contribution is -2.61. The van der Waals surface area contributed by atoms with E-state index in [1.165, 1.54) is 16.8 Å². The quantitative estimate of drug-likeness (QED) is 0.843. The van der Waals surface area contributed by atoms with Crippen molar-refractivity contribution in [2.75, 3.05) is 29.5 Å². The highest BCUT2D eigenvalue weighted by atomic mass is 35.5. The van der Waals surface area contributed by atoms with E-state index in [4.69, 9.17) is 4.74 Å². The van der Waals surface area contributed by atoms with E-state index in [0.717, 1.165) is 43.3 Å². The molecule has 2 fully saturated rings. The van der Waals surface area contributed by atoms with Crippen molar-refractivity contribution in [3.05, 3.63) is 0 Å². The van der Waals surface area contributed by atoms with Crippen molar-refractivity contribution in [2.24, 2.45) is 0 Å². The van der Waals surface area contributed by atoms with Gasteiger partial charge in [-0.15, -0.1) is 16.8 Å². The summed E-state index contributed by atoms with van der Waals surface area (Å²) in [5.41, 5.74) is -0.643. The predicted octanol–water partition coefficient (Wildman–Crippen LogP) is 3.30. The molecule has 1 aromatic rings. The summed E-state index contributed by atoms with van der Waals surface area (Å²) >= 11 is 3.19. The minimum atomic E-state index is -0.322. The molecular weight excluding hydrogens is 368 g/mol. The summed E-state index contributed by atoms with van der Waals surface area (Å²) in [6, 6.07) is 0. The minimum Gasteiger partial charge on any atom is -0.471 e. The highest BCUT2D eigenvalue weighted by Gasteiger charge is 2.46. The summed E-state index contributed by atoms with van der Waals surface area (Å²) in [6.07, 6.45) is 1.56. The Hall–Kier alpha value is -0.280. The number of anilines is 1. The fourth-order valence-corrected chi connectivity index (χ4v) is 5.05. The van der Waals surface area contributed by atoms with Gasteiger partial charge in [0.25, 0.3) is 5.88 Å². The lowest BCUT2D eigenvalue weighted by Gasteiger charge is -2.51. The molecule has 0 bridgehead atoms. The van der Waals surface area contributed by atoms with Crippen molar-refractivity contribution in [2.45, 2.75) is 57.7 Å². The maximum absolute atomic E-state index is 10.4. The van der Waals surface area contributed by atoms with Crippen molar-refractivity contribution in [1.29, 1.82) is 0 Å². The lowest BCUT2D eigenvalue weighted by molar-refractivity contribution is -0.255. The molecule has 2 saturated heterocycles. The van der Waals surface area contributed by atoms with Crippen molar-refractivity contribution in [3.8, 4) is 5.88 Å². The molecule has 24 heavy (non-hydrogen) atoms. The first-order valence-corrected chi connectivity index (χ1v) is 9.99. The molecule has 0 aromatic carbocycles. The number of aromatic nitrogens is 2. The molecule has 1 N–H and O–H groups in total. The molecule has 0 spiro atoms. The van der Waals surface area contributed by atoms with Gasteiger partial charge in [0.1, 0.15) is 6.10 Å². The van der Waals surface area contributed by atoms with Gasteiger partial charge in [-0.05, 0) is 27.7 Å². The summed E-state index contributed by atoms with van der Waals surface area (Å²) in [6.45, 7) is 10.2. The largest absolute Gasteiger partial charge is 0.471 e. The van der Waals surface area contributed by atoms with E-state index in [-0.39, 0.29) is 29.6 Å². The van der Waals surface area contributed by atoms with Crippen LogP contribution in [-0.4, -0.2) is 60.8 Å². The van der Waals surface area contributed by atoms with Gasteiger partial charge < -0.3 is 14.8 Å². The zero-order valence-corrected chi connectivity index (χ0v) is 17.1. The van der Waals surface area contributed by atoms with E-state index in [1.54, 1.807) is 0 Å². The third-order valence-corrected chi connectivity index (χ3v) is 6.08. The molecule has 9 heteroatoms. The van der Waals surface area contributed by atoms with Crippen molar-refractivity contribution >= 4 is 41.7 Å². The summed E-state index contributed by atoms with van der Waals surface area (Å²) in [4.78, 5) is 2.27. The first-order valence-electron chi connectivity index (χ1n) is 8.11. The van der Waals surface area contributed by atoms with E-state index in [9.17, 15) is 5.21 Å². The molecule has 2 aliphatic heterocycles. The van der Waals surface area contributed by atoms with Crippen LogP contribution in [0, 0.1) is 0 Å². The first kappa shape index (κ1) is 20.0. The molecule has 3 rings (SSSR count). The second-order valence-corrected chi connectivity index (χ2v) is 9.33. The number of hydroxylamine groups is 2. The Labute approximate surface area is 158 Å². The van der Waals surface area contributed by atoms with E-state index >= 15 is 0 Å². The predicted molar refractivity (Wildman–Crippen MR) is 102 cm³/mol. The van der Waals surface area contributed by atoms with Gasteiger partial charge in [0.05, 0.1) is 11.7 Å². The average Bonchev–Trinajstić information content (AvgIpc) is 2.93. The Morgan fingerprint density at radius 2 is 1.67 bits per heavy atom. The minimum absolute atomic E-state index is 0. The van der Waals surface area contributed by atoms with E-state index in [2.05, 4.69) is 13.6 Å². The highest BCUT2D eigenvalue weighted by Crippen LogP contribution is 2.39. The van der Waals surface area contributed by atoms with Crippen LogP contribution < -0.4 is 9.64 Å². The monoisotopic (exact) mass is 394 g/mol. The molecule has 0 unspecified atom stereocenters. The maximum Gasteiger partial charge on any atom is 0.271 e.